The van der Waals surface area contributed by atoms with Crippen LogP contribution in [0.3, 0.4) is 0 Å². The molecular formula is C31H30N2O3. The van der Waals surface area contributed by atoms with Crippen molar-refractivity contribution in [3.05, 3.63) is 124 Å². The van der Waals surface area contributed by atoms with E-state index in [2.05, 4.69) is 34.5 Å². The third kappa shape index (κ3) is 5.25. The van der Waals surface area contributed by atoms with E-state index in [1.807, 2.05) is 54.6 Å². The van der Waals surface area contributed by atoms with E-state index in [0.717, 1.165) is 43.5 Å². The summed E-state index contributed by atoms with van der Waals surface area (Å²) in [5.41, 5.74) is 6.64. The first-order valence-electron chi connectivity index (χ1n) is 12.5. The Balaban J connectivity index is 1.24. The second-order valence-electron chi connectivity index (χ2n) is 9.41. The van der Waals surface area contributed by atoms with Gasteiger partial charge in [0.1, 0.15) is 0 Å². The second kappa shape index (κ2) is 10.6. The van der Waals surface area contributed by atoms with E-state index in [4.69, 9.17) is 0 Å². The number of amides is 1. The molecule has 5 heteroatoms. The number of benzene rings is 3. The number of nitrogens with one attached hydrogen (secondary N) is 1. The summed E-state index contributed by atoms with van der Waals surface area (Å²) in [4.78, 5) is 26.7. The van der Waals surface area contributed by atoms with Gasteiger partial charge in [-0.05, 0) is 65.8 Å². The molecule has 5 rings (SSSR count). The fraction of sp³-hybridized carbons (Fsp3) is 0.226. The van der Waals surface area contributed by atoms with Crippen LogP contribution in [0.15, 0.2) is 96.6 Å². The molecule has 3 aromatic rings. The molecule has 2 aliphatic rings. The van der Waals surface area contributed by atoms with Crippen molar-refractivity contribution in [2.24, 2.45) is 0 Å². The molecule has 1 unspecified atom stereocenters. The Morgan fingerprint density at radius 2 is 1.81 bits per heavy atom. The van der Waals surface area contributed by atoms with Crippen LogP contribution in [0.25, 0.3) is 0 Å². The van der Waals surface area contributed by atoms with Gasteiger partial charge in [-0.3, -0.25) is 4.79 Å². The van der Waals surface area contributed by atoms with Crippen LogP contribution in [0.1, 0.15) is 56.2 Å². The van der Waals surface area contributed by atoms with E-state index in [9.17, 15) is 14.7 Å². The molecule has 1 aliphatic heterocycles. The highest BCUT2D eigenvalue weighted by Crippen LogP contribution is 2.32. The molecule has 1 heterocycles. The molecule has 36 heavy (non-hydrogen) atoms. The van der Waals surface area contributed by atoms with E-state index in [-0.39, 0.29) is 11.8 Å². The van der Waals surface area contributed by atoms with Crippen molar-refractivity contribution in [2.75, 3.05) is 18.0 Å². The first-order valence-corrected chi connectivity index (χ1v) is 12.5. The van der Waals surface area contributed by atoms with E-state index in [0.29, 0.717) is 17.7 Å². The third-order valence-electron chi connectivity index (χ3n) is 6.99. The summed E-state index contributed by atoms with van der Waals surface area (Å²) in [5.74, 6) is -0.858. The normalized spacial score (nSPS) is 16.7. The van der Waals surface area contributed by atoms with Gasteiger partial charge in [-0.2, -0.15) is 0 Å². The van der Waals surface area contributed by atoms with Gasteiger partial charge >= 0.3 is 5.97 Å². The van der Waals surface area contributed by atoms with Crippen LogP contribution < -0.4 is 10.2 Å². The Bertz CT molecular complexity index is 1330. The number of fused-ring (bicyclic) bond motifs is 1. The van der Waals surface area contributed by atoms with Crippen LogP contribution in [0.5, 0.6) is 0 Å². The summed E-state index contributed by atoms with van der Waals surface area (Å²) in [6.07, 6.45) is 9.29. The SMILES string of the molecule is O=C(NCc1ccccc1)c1ccc2c(c1)CCCN2CC1=CCC(c2ccccc2C(=O)O)C=C1. The number of hydrogen-bond acceptors (Lipinski definition) is 3. The molecule has 2 N–H and O–H groups in total. The van der Waals surface area contributed by atoms with Crippen molar-refractivity contribution in [3.8, 4) is 0 Å². The molecule has 3 aromatic carbocycles. The molecule has 0 bridgehead atoms. The number of anilines is 1. The highest BCUT2D eigenvalue weighted by molar-refractivity contribution is 5.95. The smallest absolute Gasteiger partial charge is 0.335 e. The quantitative estimate of drug-likeness (QED) is 0.455. The maximum absolute atomic E-state index is 12.7. The minimum absolute atomic E-state index is 0.0515. The number of hydrogen-bond donors (Lipinski definition) is 2. The molecule has 0 fully saturated rings. The minimum Gasteiger partial charge on any atom is -0.478 e. The fourth-order valence-corrected chi connectivity index (χ4v) is 5.11. The molecule has 0 saturated carbocycles. The van der Waals surface area contributed by atoms with E-state index < -0.39 is 5.97 Å². The van der Waals surface area contributed by atoms with Crippen molar-refractivity contribution in [2.45, 2.75) is 31.7 Å². The van der Waals surface area contributed by atoms with Gasteiger partial charge < -0.3 is 15.3 Å². The number of aryl methyl sites for hydroxylation is 1. The largest absolute Gasteiger partial charge is 0.478 e. The zero-order valence-electron chi connectivity index (χ0n) is 20.2. The van der Waals surface area contributed by atoms with Gasteiger partial charge in [0.15, 0.2) is 0 Å². The highest BCUT2D eigenvalue weighted by Gasteiger charge is 2.22. The first-order chi connectivity index (χ1) is 17.6. The van der Waals surface area contributed by atoms with Crippen molar-refractivity contribution >= 4 is 17.6 Å². The monoisotopic (exact) mass is 478 g/mol. The van der Waals surface area contributed by atoms with E-state index in [1.165, 1.54) is 16.8 Å². The fourth-order valence-electron chi connectivity index (χ4n) is 5.11. The van der Waals surface area contributed by atoms with Crippen molar-refractivity contribution in [1.29, 1.82) is 0 Å². The second-order valence-corrected chi connectivity index (χ2v) is 9.41. The topological polar surface area (TPSA) is 69.6 Å². The summed E-state index contributed by atoms with van der Waals surface area (Å²) in [6, 6.07) is 23.2. The van der Waals surface area contributed by atoms with Gasteiger partial charge in [0.05, 0.1) is 5.56 Å². The van der Waals surface area contributed by atoms with Gasteiger partial charge in [0.2, 0.25) is 0 Å². The predicted molar refractivity (Wildman–Crippen MR) is 143 cm³/mol. The molecule has 0 radical (unpaired) electrons. The van der Waals surface area contributed by atoms with Crippen molar-refractivity contribution < 1.29 is 14.7 Å². The summed E-state index contributed by atoms with van der Waals surface area (Å²) in [5, 5.41) is 12.5. The molecule has 0 saturated heterocycles. The Morgan fingerprint density at radius 3 is 2.58 bits per heavy atom. The van der Waals surface area contributed by atoms with Gasteiger partial charge in [0, 0.05) is 36.8 Å². The highest BCUT2D eigenvalue weighted by atomic mass is 16.4. The van der Waals surface area contributed by atoms with Crippen LogP contribution in [0.4, 0.5) is 5.69 Å². The Hall–Kier alpha value is -4.12. The number of nitrogens with zero attached hydrogens (tertiary/aromatic N) is 1. The number of carbonyl (C=O) groups excluding carboxylic acids is 1. The van der Waals surface area contributed by atoms with Crippen LogP contribution in [0.2, 0.25) is 0 Å². The Kier molecular flexibility index (Phi) is 6.99. The lowest BCUT2D eigenvalue weighted by Crippen LogP contribution is -2.31. The van der Waals surface area contributed by atoms with E-state index in [1.54, 1.807) is 12.1 Å². The lowest BCUT2D eigenvalue weighted by Gasteiger charge is -2.32. The standard InChI is InChI=1S/C31H30N2O3/c34-30(32-20-22-7-2-1-3-8-22)26-16-17-29-25(19-26)9-6-18-33(29)21-23-12-14-24(15-13-23)27-10-4-5-11-28(27)31(35)36/h1-5,7-8,10-14,16-17,19,24H,6,9,15,18,20-21H2,(H,32,34)(H,35,36). The van der Waals surface area contributed by atoms with Gasteiger partial charge in [-0.25, -0.2) is 4.79 Å². The van der Waals surface area contributed by atoms with Crippen LogP contribution in [-0.4, -0.2) is 30.1 Å². The van der Waals surface area contributed by atoms with Crippen LogP contribution >= 0.6 is 0 Å². The average molecular weight is 479 g/mol. The van der Waals surface area contributed by atoms with Crippen LogP contribution in [0, 0.1) is 0 Å². The summed E-state index contributed by atoms with van der Waals surface area (Å²) in [7, 11) is 0. The van der Waals surface area contributed by atoms with Crippen molar-refractivity contribution in [1.82, 2.24) is 5.32 Å². The molecule has 1 amide bonds. The van der Waals surface area contributed by atoms with Crippen LogP contribution in [-0.2, 0) is 13.0 Å². The molecule has 182 valence electrons. The zero-order chi connectivity index (χ0) is 24.9. The molecule has 5 nitrogen and oxygen atoms in total. The number of carboxylic acid groups (broad SMARTS) is 1. The maximum atomic E-state index is 12.7. The predicted octanol–water partition coefficient (Wildman–Crippen LogP) is 5.74. The van der Waals surface area contributed by atoms with Gasteiger partial charge in [-0.15, -0.1) is 0 Å². The lowest BCUT2D eigenvalue weighted by atomic mass is 9.87. The number of rotatable bonds is 7. The summed E-state index contributed by atoms with van der Waals surface area (Å²) in [6.45, 7) is 2.29. The molecule has 0 aromatic heterocycles. The maximum Gasteiger partial charge on any atom is 0.335 e. The summed E-state index contributed by atoms with van der Waals surface area (Å²) < 4.78 is 0. The van der Waals surface area contributed by atoms with E-state index >= 15 is 0 Å². The van der Waals surface area contributed by atoms with Gasteiger partial charge in [0.25, 0.3) is 5.91 Å². The number of carboxylic acids is 1. The first kappa shape index (κ1) is 23.6. The molecule has 0 spiro atoms. The molecular weight excluding hydrogens is 448 g/mol. The summed E-state index contributed by atoms with van der Waals surface area (Å²) >= 11 is 0. The average Bonchev–Trinajstić information content (AvgIpc) is 2.92. The number of aromatic carboxylic acids is 1. The Morgan fingerprint density at radius 1 is 1.00 bits per heavy atom. The molecule has 1 atom stereocenters. The number of carbonyl (C=O) groups is 2. The third-order valence-corrected chi connectivity index (χ3v) is 6.99. The van der Waals surface area contributed by atoms with Gasteiger partial charge in [-0.1, -0.05) is 66.8 Å². The van der Waals surface area contributed by atoms with Crippen molar-refractivity contribution in [3.63, 3.8) is 0 Å². The Labute approximate surface area is 211 Å². The lowest BCUT2D eigenvalue weighted by molar-refractivity contribution is 0.0695. The minimum atomic E-state index is -0.883. The molecule has 1 aliphatic carbocycles. The number of allylic oxidation sites excluding steroid dienone is 2. The zero-order valence-corrected chi connectivity index (χ0v) is 20.2.